The van der Waals surface area contributed by atoms with E-state index in [0.717, 1.165) is 41.7 Å². The summed E-state index contributed by atoms with van der Waals surface area (Å²) in [5, 5.41) is 10.7. The Balaban J connectivity index is 0.00000192. The highest BCUT2D eigenvalue weighted by atomic mass is 79.9. The average Bonchev–Trinajstić information content (AvgIpc) is 3.05. The highest BCUT2D eigenvalue weighted by molar-refractivity contribution is 9.10. The molecule has 1 fully saturated rings. The number of piperidine rings is 1. The number of hydrogen-bond donors (Lipinski definition) is 2. The van der Waals surface area contributed by atoms with Crippen molar-refractivity contribution in [2.45, 2.75) is 25.3 Å². The summed E-state index contributed by atoms with van der Waals surface area (Å²) in [5.74, 6) is 0.00289. The number of nitrogens with zero attached hydrogens (tertiary/aromatic N) is 2. The number of benzene rings is 1. The zero-order valence-electron chi connectivity index (χ0n) is 12.9. The summed E-state index contributed by atoms with van der Waals surface area (Å²) in [4.78, 5) is 13.0. The van der Waals surface area contributed by atoms with Crippen LogP contribution >= 0.6 is 28.3 Å². The first-order valence-electron chi connectivity index (χ1n) is 7.40. The lowest BCUT2D eigenvalue weighted by Crippen LogP contribution is -2.52. The number of amides is 1. The van der Waals surface area contributed by atoms with Crippen LogP contribution in [0.2, 0.25) is 0 Å². The van der Waals surface area contributed by atoms with Gasteiger partial charge in [-0.3, -0.25) is 9.48 Å². The second kappa shape index (κ2) is 7.47. The SMILES string of the molecule is Cc1cc(Br)ccc1NC(=O)C1(n2cccn2)CCNCC1.Cl. The second-order valence-electron chi connectivity index (χ2n) is 5.65. The molecule has 1 aliphatic heterocycles. The molecular formula is C16H20BrClN4O. The lowest BCUT2D eigenvalue weighted by atomic mass is 9.87. The van der Waals surface area contributed by atoms with Crippen LogP contribution in [0.4, 0.5) is 5.69 Å². The number of hydrogen-bond acceptors (Lipinski definition) is 3. The highest BCUT2D eigenvalue weighted by Gasteiger charge is 2.42. The minimum absolute atomic E-state index is 0. The van der Waals surface area contributed by atoms with E-state index in [0.29, 0.717) is 0 Å². The van der Waals surface area contributed by atoms with Crippen molar-refractivity contribution < 1.29 is 4.79 Å². The molecule has 0 unspecified atom stereocenters. The van der Waals surface area contributed by atoms with Crippen molar-refractivity contribution in [1.82, 2.24) is 15.1 Å². The first-order chi connectivity index (χ1) is 10.6. The highest BCUT2D eigenvalue weighted by Crippen LogP contribution is 2.29. The van der Waals surface area contributed by atoms with Crippen molar-refractivity contribution in [2.75, 3.05) is 18.4 Å². The number of halogens is 2. The summed E-state index contributed by atoms with van der Waals surface area (Å²) >= 11 is 3.45. The Morgan fingerprint density at radius 3 is 2.74 bits per heavy atom. The van der Waals surface area contributed by atoms with Gasteiger partial charge in [0.2, 0.25) is 0 Å². The van der Waals surface area contributed by atoms with Crippen molar-refractivity contribution in [3.8, 4) is 0 Å². The Kier molecular flexibility index (Phi) is 5.84. The maximum absolute atomic E-state index is 13.0. The summed E-state index contributed by atoms with van der Waals surface area (Å²) in [6.45, 7) is 3.61. The fourth-order valence-corrected chi connectivity index (χ4v) is 3.40. The van der Waals surface area contributed by atoms with Crippen LogP contribution in [0.15, 0.2) is 41.1 Å². The van der Waals surface area contributed by atoms with E-state index < -0.39 is 5.54 Å². The van der Waals surface area contributed by atoms with Gasteiger partial charge in [-0.1, -0.05) is 15.9 Å². The van der Waals surface area contributed by atoms with Gasteiger partial charge >= 0.3 is 0 Å². The van der Waals surface area contributed by atoms with E-state index in [1.807, 2.05) is 37.4 Å². The van der Waals surface area contributed by atoms with Crippen LogP contribution in [-0.4, -0.2) is 28.8 Å². The van der Waals surface area contributed by atoms with E-state index in [9.17, 15) is 4.79 Å². The lowest BCUT2D eigenvalue weighted by Gasteiger charge is -2.36. The molecule has 3 rings (SSSR count). The molecule has 0 bridgehead atoms. The lowest BCUT2D eigenvalue weighted by molar-refractivity contribution is -0.126. The second-order valence-corrected chi connectivity index (χ2v) is 6.56. The molecule has 23 heavy (non-hydrogen) atoms. The van der Waals surface area contributed by atoms with Crippen LogP contribution in [0, 0.1) is 6.92 Å². The molecular weight excluding hydrogens is 380 g/mol. The fourth-order valence-electron chi connectivity index (χ4n) is 2.93. The quantitative estimate of drug-likeness (QED) is 0.834. The van der Waals surface area contributed by atoms with Crippen molar-refractivity contribution in [3.05, 3.63) is 46.7 Å². The molecule has 2 heterocycles. The first-order valence-corrected chi connectivity index (χ1v) is 8.20. The van der Waals surface area contributed by atoms with Gasteiger partial charge in [0.25, 0.3) is 5.91 Å². The molecule has 0 saturated carbocycles. The molecule has 1 aromatic carbocycles. The van der Waals surface area contributed by atoms with E-state index in [4.69, 9.17) is 0 Å². The maximum Gasteiger partial charge on any atom is 0.252 e. The Morgan fingerprint density at radius 1 is 1.39 bits per heavy atom. The van der Waals surface area contributed by atoms with Crippen molar-refractivity contribution in [3.63, 3.8) is 0 Å². The normalized spacial score (nSPS) is 16.4. The standard InChI is InChI=1S/C16H19BrN4O.ClH/c1-12-11-13(17)3-4-14(12)20-15(22)16(5-8-18-9-6-16)21-10-2-7-19-21;/h2-4,7,10-11,18H,5-6,8-9H2,1H3,(H,20,22);1H. The molecule has 1 amide bonds. The van der Waals surface area contributed by atoms with Crippen molar-refractivity contribution in [1.29, 1.82) is 0 Å². The van der Waals surface area contributed by atoms with Gasteiger partial charge < -0.3 is 10.6 Å². The Morgan fingerprint density at radius 2 is 2.13 bits per heavy atom. The molecule has 5 nitrogen and oxygen atoms in total. The third-order valence-electron chi connectivity index (χ3n) is 4.23. The first kappa shape index (κ1) is 18.0. The van der Waals surface area contributed by atoms with Gasteiger partial charge in [-0.05, 0) is 62.7 Å². The minimum Gasteiger partial charge on any atom is -0.324 e. The van der Waals surface area contributed by atoms with Crippen molar-refractivity contribution >= 4 is 39.9 Å². The van der Waals surface area contributed by atoms with Crippen LogP contribution in [-0.2, 0) is 10.3 Å². The Hall–Kier alpha value is -1.37. The molecule has 124 valence electrons. The zero-order chi connectivity index (χ0) is 15.6. The van der Waals surface area contributed by atoms with Gasteiger partial charge in [-0.15, -0.1) is 12.4 Å². The third-order valence-corrected chi connectivity index (χ3v) is 4.73. The van der Waals surface area contributed by atoms with Gasteiger partial charge in [0.15, 0.2) is 0 Å². The van der Waals surface area contributed by atoms with E-state index in [2.05, 4.69) is 31.7 Å². The van der Waals surface area contributed by atoms with Crippen LogP contribution in [0.5, 0.6) is 0 Å². The molecule has 1 aliphatic rings. The summed E-state index contributed by atoms with van der Waals surface area (Å²) in [5.41, 5.74) is 1.26. The number of rotatable bonds is 3. The summed E-state index contributed by atoms with van der Waals surface area (Å²) in [6, 6.07) is 7.72. The molecule has 0 spiro atoms. The van der Waals surface area contributed by atoms with E-state index in [-0.39, 0.29) is 18.3 Å². The van der Waals surface area contributed by atoms with Gasteiger partial charge in [0, 0.05) is 22.6 Å². The predicted molar refractivity (Wildman–Crippen MR) is 97.1 cm³/mol. The number of aryl methyl sites for hydroxylation is 1. The number of carbonyl (C=O) groups is 1. The summed E-state index contributed by atoms with van der Waals surface area (Å²) in [6.07, 6.45) is 5.06. The van der Waals surface area contributed by atoms with Crippen LogP contribution in [0.1, 0.15) is 18.4 Å². The van der Waals surface area contributed by atoms with Crippen LogP contribution in [0.25, 0.3) is 0 Å². The Bertz CT molecular complexity index is 669. The summed E-state index contributed by atoms with van der Waals surface area (Å²) < 4.78 is 2.81. The molecule has 1 saturated heterocycles. The molecule has 0 aliphatic carbocycles. The van der Waals surface area contributed by atoms with Gasteiger partial charge in [-0.2, -0.15) is 5.10 Å². The number of carbonyl (C=O) groups excluding carboxylic acids is 1. The molecule has 2 N–H and O–H groups in total. The number of aromatic nitrogens is 2. The largest absolute Gasteiger partial charge is 0.324 e. The maximum atomic E-state index is 13.0. The number of anilines is 1. The van der Waals surface area contributed by atoms with E-state index >= 15 is 0 Å². The third kappa shape index (κ3) is 3.59. The summed E-state index contributed by atoms with van der Waals surface area (Å²) in [7, 11) is 0. The number of nitrogens with one attached hydrogen (secondary N) is 2. The topological polar surface area (TPSA) is 59.0 Å². The molecule has 2 aromatic rings. The Labute approximate surface area is 150 Å². The van der Waals surface area contributed by atoms with Crippen molar-refractivity contribution in [2.24, 2.45) is 0 Å². The van der Waals surface area contributed by atoms with E-state index in [1.54, 1.807) is 10.9 Å². The van der Waals surface area contributed by atoms with Crippen LogP contribution < -0.4 is 10.6 Å². The zero-order valence-corrected chi connectivity index (χ0v) is 15.3. The minimum atomic E-state index is -0.617. The molecule has 1 aromatic heterocycles. The van der Waals surface area contributed by atoms with Gasteiger partial charge in [0.05, 0.1) is 0 Å². The molecule has 0 atom stereocenters. The van der Waals surface area contributed by atoms with Gasteiger partial charge in [0.1, 0.15) is 5.54 Å². The smallest absolute Gasteiger partial charge is 0.252 e. The van der Waals surface area contributed by atoms with E-state index in [1.165, 1.54) is 0 Å². The molecule has 0 radical (unpaired) electrons. The van der Waals surface area contributed by atoms with Crippen LogP contribution in [0.3, 0.4) is 0 Å². The predicted octanol–water partition coefficient (Wildman–Crippen LogP) is 3.09. The molecule has 7 heteroatoms. The monoisotopic (exact) mass is 398 g/mol. The average molecular weight is 400 g/mol. The fraction of sp³-hybridized carbons (Fsp3) is 0.375. The van der Waals surface area contributed by atoms with Gasteiger partial charge in [-0.25, -0.2) is 0 Å².